The third-order valence-corrected chi connectivity index (χ3v) is 2.82. The molecular weight excluding hydrogens is 200 g/mol. The molecule has 0 saturated heterocycles. The van der Waals surface area contributed by atoms with Crippen molar-refractivity contribution in [2.75, 3.05) is 17.6 Å². The van der Waals surface area contributed by atoms with Crippen LogP contribution >= 0.6 is 11.6 Å². The predicted molar refractivity (Wildman–Crippen MR) is 57.3 cm³/mol. The van der Waals surface area contributed by atoms with Crippen LogP contribution in [0.1, 0.15) is 19.3 Å². The number of anilines is 2. The van der Waals surface area contributed by atoms with E-state index in [1.807, 2.05) is 0 Å². The molecule has 2 rings (SSSR count). The van der Waals surface area contributed by atoms with Gasteiger partial charge in [-0.1, -0.05) is 18.0 Å². The van der Waals surface area contributed by atoms with Gasteiger partial charge in [0.2, 0.25) is 5.95 Å². The van der Waals surface area contributed by atoms with E-state index >= 15 is 0 Å². The molecule has 0 spiro atoms. The zero-order chi connectivity index (χ0) is 9.97. The first-order valence-corrected chi connectivity index (χ1v) is 5.15. The van der Waals surface area contributed by atoms with Crippen molar-refractivity contribution >= 4 is 23.4 Å². The molecule has 0 unspecified atom stereocenters. The van der Waals surface area contributed by atoms with Crippen molar-refractivity contribution in [2.45, 2.75) is 19.3 Å². The van der Waals surface area contributed by atoms with E-state index < -0.39 is 0 Å². The Morgan fingerprint density at radius 2 is 2.36 bits per heavy atom. The lowest BCUT2D eigenvalue weighted by Gasteiger charge is -2.25. The summed E-state index contributed by atoms with van der Waals surface area (Å²) >= 11 is 5.90. The average Bonchev–Trinajstić information content (AvgIpc) is 2.08. The molecule has 0 amide bonds. The van der Waals surface area contributed by atoms with E-state index in [1.54, 1.807) is 0 Å². The van der Waals surface area contributed by atoms with Gasteiger partial charge in [-0.25, -0.2) is 4.98 Å². The highest BCUT2D eigenvalue weighted by Gasteiger charge is 2.17. The summed E-state index contributed by atoms with van der Waals surface area (Å²) in [5, 5.41) is 3.72. The Balaban J connectivity index is 1.96. The monoisotopic (exact) mass is 212 g/mol. The van der Waals surface area contributed by atoms with Gasteiger partial charge in [0, 0.05) is 6.54 Å². The molecule has 1 heterocycles. The van der Waals surface area contributed by atoms with Gasteiger partial charge < -0.3 is 11.1 Å². The molecule has 0 bridgehead atoms. The quantitative estimate of drug-likeness (QED) is 0.804. The Morgan fingerprint density at radius 3 is 3.00 bits per heavy atom. The normalized spacial score (nSPS) is 16.4. The SMILES string of the molecule is Nc1ncc(Cl)c(NCC2CCC2)n1. The number of hydrogen-bond donors (Lipinski definition) is 2. The highest BCUT2D eigenvalue weighted by atomic mass is 35.5. The number of rotatable bonds is 3. The number of nitrogen functional groups attached to an aromatic ring is 1. The second kappa shape index (κ2) is 4.00. The molecule has 5 heteroatoms. The molecule has 0 radical (unpaired) electrons. The van der Waals surface area contributed by atoms with Crippen LogP contribution in [0.25, 0.3) is 0 Å². The summed E-state index contributed by atoms with van der Waals surface area (Å²) in [6.45, 7) is 0.927. The van der Waals surface area contributed by atoms with Crippen molar-refractivity contribution in [3.63, 3.8) is 0 Å². The van der Waals surface area contributed by atoms with E-state index in [1.165, 1.54) is 25.5 Å². The summed E-state index contributed by atoms with van der Waals surface area (Å²) in [4.78, 5) is 7.82. The highest BCUT2D eigenvalue weighted by Crippen LogP contribution is 2.27. The number of hydrogen-bond acceptors (Lipinski definition) is 4. The van der Waals surface area contributed by atoms with E-state index in [2.05, 4.69) is 15.3 Å². The second-order valence-electron chi connectivity index (χ2n) is 3.60. The minimum atomic E-state index is 0.255. The van der Waals surface area contributed by atoms with Crippen molar-refractivity contribution in [1.82, 2.24) is 9.97 Å². The van der Waals surface area contributed by atoms with Crippen molar-refractivity contribution in [2.24, 2.45) is 5.92 Å². The molecule has 0 aliphatic heterocycles. The van der Waals surface area contributed by atoms with Crippen molar-refractivity contribution in [1.29, 1.82) is 0 Å². The van der Waals surface area contributed by atoms with Crippen molar-refractivity contribution < 1.29 is 0 Å². The van der Waals surface area contributed by atoms with Crippen LogP contribution in [0.3, 0.4) is 0 Å². The van der Waals surface area contributed by atoms with E-state index in [0.717, 1.165) is 12.5 Å². The van der Waals surface area contributed by atoms with Crippen LogP contribution in [0.2, 0.25) is 5.02 Å². The van der Waals surface area contributed by atoms with Crippen LogP contribution in [0.4, 0.5) is 11.8 Å². The first-order chi connectivity index (χ1) is 6.75. The molecule has 1 aliphatic rings. The maximum absolute atomic E-state index is 5.90. The number of nitrogens with zero attached hydrogens (tertiary/aromatic N) is 2. The number of halogens is 1. The van der Waals surface area contributed by atoms with Gasteiger partial charge in [-0.15, -0.1) is 0 Å². The summed E-state index contributed by atoms with van der Waals surface area (Å²) in [6, 6.07) is 0. The maximum atomic E-state index is 5.90. The zero-order valence-electron chi connectivity index (χ0n) is 7.83. The van der Waals surface area contributed by atoms with Crippen LogP contribution < -0.4 is 11.1 Å². The average molecular weight is 213 g/mol. The predicted octanol–water partition coefficient (Wildman–Crippen LogP) is 1.92. The first-order valence-electron chi connectivity index (χ1n) is 4.77. The second-order valence-corrected chi connectivity index (χ2v) is 4.01. The summed E-state index contributed by atoms with van der Waals surface area (Å²) in [5.74, 6) is 1.67. The Kier molecular flexibility index (Phi) is 2.72. The molecule has 1 aromatic rings. The fraction of sp³-hybridized carbons (Fsp3) is 0.556. The Morgan fingerprint density at radius 1 is 1.57 bits per heavy atom. The molecule has 14 heavy (non-hydrogen) atoms. The fourth-order valence-electron chi connectivity index (χ4n) is 1.44. The van der Waals surface area contributed by atoms with E-state index in [-0.39, 0.29) is 5.95 Å². The van der Waals surface area contributed by atoms with E-state index in [9.17, 15) is 0 Å². The first kappa shape index (κ1) is 9.52. The standard InChI is InChI=1S/C9H13ClN4/c10-7-5-13-9(11)14-8(7)12-4-6-2-1-3-6/h5-6H,1-4H2,(H3,11,12,13,14). The van der Waals surface area contributed by atoms with Gasteiger partial charge in [0.05, 0.1) is 6.20 Å². The number of aromatic nitrogens is 2. The van der Waals surface area contributed by atoms with Gasteiger partial charge in [-0.3, -0.25) is 0 Å². The van der Waals surface area contributed by atoms with Crippen LogP contribution in [0, 0.1) is 5.92 Å². The van der Waals surface area contributed by atoms with Gasteiger partial charge in [0.15, 0.2) is 0 Å². The molecule has 3 N–H and O–H groups in total. The van der Waals surface area contributed by atoms with Crippen LogP contribution in [0.5, 0.6) is 0 Å². The minimum Gasteiger partial charge on any atom is -0.368 e. The van der Waals surface area contributed by atoms with Crippen LogP contribution in [-0.2, 0) is 0 Å². The molecule has 0 atom stereocenters. The summed E-state index contributed by atoms with van der Waals surface area (Å²) in [7, 11) is 0. The number of nitrogens with one attached hydrogen (secondary N) is 1. The third-order valence-electron chi connectivity index (χ3n) is 2.55. The molecule has 76 valence electrons. The summed E-state index contributed by atoms with van der Waals surface area (Å²) in [5.41, 5.74) is 5.46. The highest BCUT2D eigenvalue weighted by molar-refractivity contribution is 6.32. The molecular formula is C9H13ClN4. The lowest BCUT2D eigenvalue weighted by molar-refractivity contribution is 0.333. The molecule has 1 aromatic heterocycles. The maximum Gasteiger partial charge on any atom is 0.222 e. The Hall–Kier alpha value is -1.03. The lowest BCUT2D eigenvalue weighted by atomic mass is 9.85. The van der Waals surface area contributed by atoms with Gasteiger partial charge in [0.1, 0.15) is 10.8 Å². The summed E-state index contributed by atoms with van der Waals surface area (Å²) in [6.07, 6.45) is 5.45. The van der Waals surface area contributed by atoms with E-state index in [0.29, 0.717) is 10.8 Å². The lowest BCUT2D eigenvalue weighted by Crippen LogP contribution is -2.21. The molecule has 1 saturated carbocycles. The van der Waals surface area contributed by atoms with Gasteiger partial charge in [-0.2, -0.15) is 4.98 Å². The van der Waals surface area contributed by atoms with Crippen LogP contribution in [-0.4, -0.2) is 16.5 Å². The largest absolute Gasteiger partial charge is 0.368 e. The number of nitrogens with two attached hydrogens (primary N) is 1. The third kappa shape index (κ3) is 2.07. The smallest absolute Gasteiger partial charge is 0.222 e. The molecule has 4 nitrogen and oxygen atoms in total. The minimum absolute atomic E-state index is 0.255. The fourth-order valence-corrected chi connectivity index (χ4v) is 1.60. The summed E-state index contributed by atoms with van der Waals surface area (Å²) < 4.78 is 0. The molecule has 1 aliphatic carbocycles. The van der Waals surface area contributed by atoms with Gasteiger partial charge in [-0.05, 0) is 18.8 Å². The topological polar surface area (TPSA) is 63.8 Å². The van der Waals surface area contributed by atoms with E-state index in [4.69, 9.17) is 17.3 Å². The van der Waals surface area contributed by atoms with Crippen LogP contribution in [0.15, 0.2) is 6.20 Å². The Labute approximate surface area is 87.9 Å². The van der Waals surface area contributed by atoms with Gasteiger partial charge in [0.25, 0.3) is 0 Å². The molecule has 0 aromatic carbocycles. The van der Waals surface area contributed by atoms with Crippen molar-refractivity contribution in [3.8, 4) is 0 Å². The molecule has 1 fully saturated rings. The Bertz CT molecular complexity index is 325. The van der Waals surface area contributed by atoms with Gasteiger partial charge >= 0.3 is 0 Å². The zero-order valence-corrected chi connectivity index (χ0v) is 8.59. The van der Waals surface area contributed by atoms with Crippen molar-refractivity contribution in [3.05, 3.63) is 11.2 Å².